The van der Waals surface area contributed by atoms with E-state index >= 15 is 0 Å². The van der Waals surface area contributed by atoms with Gasteiger partial charge >= 0.3 is 0 Å². The number of carbonyl (C=O) groups excluding carboxylic acids is 2. The van der Waals surface area contributed by atoms with Gasteiger partial charge in [-0.05, 0) is 49.2 Å². The standard InChI is InChI=1S/C21H24F3N3O2/c1-3-11-27(12-18(28)25-15-7-5-14(4-2)6-8-15)13-19(29)26-17-10-9-16(22)20(23)21(17)24/h5-10H,3-4,11-13H2,1-2H3,(H,25,28)(H,26,29). The molecule has 0 heterocycles. The molecule has 0 radical (unpaired) electrons. The van der Waals surface area contributed by atoms with E-state index < -0.39 is 29.0 Å². The Morgan fingerprint density at radius 1 is 0.862 bits per heavy atom. The van der Waals surface area contributed by atoms with E-state index in [2.05, 4.69) is 10.6 Å². The average molecular weight is 407 g/mol. The van der Waals surface area contributed by atoms with Crippen LogP contribution in [0.15, 0.2) is 36.4 Å². The Labute approximate surface area is 167 Å². The number of anilines is 2. The lowest BCUT2D eigenvalue weighted by Gasteiger charge is -2.20. The molecule has 0 bridgehead atoms. The molecule has 0 saturated heterocycles. The maximum Gasteiger partial charge on any atom is 0.238 e. The van der Waals surface area contributed by atoms with E-state index in [-0.39, 0.29) is 19.0 Å². The number of aryl methyl sites for hydroxylation is 1. The Bertz CT molecular complexity index is 857. The van der Waals surface area contributed by atoms with Gasteiger partial charge in [-0.2, -0.15) is 0 Å². The predicted molar refractivity (Wildman–Crippen MR) is 106 cm³/mol. The van der Waals surface area contributed by atoms with Gasteiger partial charge < -0.3 is 10.6 Å². The third-order valence-electron chi connectivity index (χ3n) is 4.23. The van der Waals surface area contributed by atoms with Crippen molar-refractivity contribution in [3.05, 3.63) is 59.4 Å². The van der Waals surface area contributed by atoms with Gasteiger partial charge in [0.2, 0.25) is 11.8 Å². The Hall–Kier alpha value is -2.87. The lowest BCUT2D eigenvalue weighted by atomic mass is 10.1. The number of nitrogens with one attached hydrogen (secondary N) is 2. The van der Waals surface area contributed by atoms with Crippen LogP contribution >= 0.6 is 0 Å². The Kier molecular flexibility index (Phi) is 8.21. The minimum atomic E-state index is -1.65. The molecule has 2 aromatic carbocycles. The molecule has 0 atom stereocenters. The van der Waals surface area contributed by atoms with Crippen LogP contribution in [-0.2, 0) is 16.0 Å². The van der Waals surface area contributed by atoms with E-state index in [1.165, 1.54) is 0 Å². The molecule has 2 rings (SSSR count). The molecule has 29 heavy (non-hydrogen) atoms. The topological polar surface area (TPSA) is 61.4 Å². The number of rotatable bonds is 9. The summed E-state index contributed by atoms with van der Waals surface area (Å²) in [6, 6.07) is 9.13. The molecule has 5 nitrogen and oxygen atoms in total. The fourth-order valence-corrected chi connectivity index (χ4v) is 2.77. The van der Waals surface area contributed by atoms with Crippen molar-refractivity contribution in [1.29, 1.82) is 0 Å². The van der Waals surface area contributed by atoms with Crippen molar-refractivity contribution < 1.29 is 22.8 Å². The zero-order valence-corrected chi connectivity index (χ0v) is 16.4. The molecular formula is C21H24F3N3O2. The molecule has 0 aromatic heterocycles. The van der Waals surface area contributed by atoms with Gasteiger partial charge in [-0.25, -0.2) is 13.2 Å². The Morgan fingerprint density at radius 3 is 2.07 bits per heavy atom. The molecule has 0 fully saturated rings. The SMILES string of the molecule is CCCN(CC(=O)Nc1ccc(CC)cc1)CC(=O)Nc1ccc(F)c(F)c1F. The quantitative estimate of drug-likeness (QED) is 0.619. The van der Waals surface area contributed by atoms with E-state index in [1.807, 2.05) is 26.0 Å². The smallest absolute Gasteiger partial charge is 0.238 e. The molecule has 8 heteroatoms. The number of halogens is 3. The number of benzene rings is 2. The fourth-order valence-electron chi connectivity index (χ4n) is 2.77. The summed E-state index contributed by atoms with van der Waals surface area (Å²) >= 11 is 0. The second-order valence-electron chi connectivity index (χ2n) is 6.58. The van der Waals surface area contributed by atoms with Crippen molar-refractivity contribution in [2.45, 2.75) is 26.7 Å². The zero-order chi connectivity index (χ0) is 21.4. The summed E-state index contributed by atoms with van der Waals surface area (Å²) in [4.78, 5) is 26.1. The third-order valence-corrected chi connectivity index (χ3v) is 4.23. The van der Waals surface area contributed by atoms with Crippen LogP contribution in [0.2, 0.25) is 0 Å². The molecule has 2 N–H and O–H groups in total. The van der Waals surface area contributed by atoms with Crippen molar-refractivity contribution in [2.75, 3.05) is 30.3 Å². The summed E-state index contributed by atoms with van der Waals surface area (Å²) in [5.74, 6) is -5.38. The number of hydrogen-bond donors (Lipinski definition) is 2. The molecule has 0 aliphatic carbocycles. The van der Waals surface area contributed by atoms with Crippen molar-refractivity contribution in [3.63, 3.8) is 0 Å². The highest BCUT2D eigenvalue weighted by Gasteiger charge is 2.18. The fraction of sp³-hybridized carbons (Fsp3) is 0.333. The van der Waals surface area contributed by atoms with Gasteiger partial charge in [-0.15, -0.1) is 0 Å². The second kappa shape index (κ2) is 10.6. The first-order valence-electron chi connectivity index (χ1n) is 9.38. The number of carbonyl (C=O) groups is 2. The number of amides is 2. The van der Waals surface area contributed by atoms with Crippen LogP contribution < -0.4 is 10.6 Å². The summed E-state index contributed by atoms with van der Waals surface area (Å²) in [5, 5.41) is 4.97. The van der Waals surface area contributed by atoms with E-state index in [4.69, 9.17) is 0 Å². The molecule has 0 unspecified atom stereocenters. The van der Waals surface area contributed by atoms with Crippen molar-refractivity contribution in [3.8, 4) is 0 Å². The van der Waals surface area contributed by atoms with Crippen LogP contribution in [0.3, 0.4) is 0 Å². The van der Waals surface area contributed by atoms with Gasteiger partial charge in [0.1, 0.15) is 0 Å². The minimum absolute atomic E-state index is 0.0446. The molecule has 0 saturated carbocycles. The molecular weight excluding hydrogens is 383 g/mol. The van der Waals surface area contributed by atoms with E-state index in [0.717, 1.165) is 24.1 Å². The minimum Gasteiger partial charge on any atom is -0.325 e. The highest BCUT2D eigenvalue weighted by atomic mass is 19.2. The van der Waals surface area contributed by atoms with Crippen molar-refractivity contribution in [2.24, 2.45) is 0 Å². The highest BCUT2D eigenvalue weighted by Crippen LogP contribution is 2.19. The van der Waals surface area contributed by atoms with Gasteiger partial charge in [0.05, 0.1) is 18.8 Å². The summed E-state index contributed by atoms with van der Waals surface area (Å²) in [6.07, 6.45) is 1.58. The normalized spacial score (nSPS) is 10.8. The van der Waals surface area contributed by atoms with Crippen LogP contribution in [0.1, 0.15) is 25.8 Å². The predicted octanol–water partition coefficient (Wildman–Crippen LogP) is 3.96. The summed E-state index contributed by atoms with van der Waals surface area (Å²) in [7, 11) is 0. The van der Waals surface area contributed by atoms with E-state index in [1.54, 1.807) is 17.0 Å². The first-order chi connectivity index (χ1) is 13.8. The molecule has 2 aromatic rings. The maximum atomic E-state index is 13.7. The third kappa shape index (κ3) is 6.60. The summed E-state index contributed by atoms with van der Waals surface area (Å²) < 4.78 is 40.0. The number of nitrogens with zero attached hydrogens (tertiary/aromatic N) is 1. The van der Waals surface area contributed by atoms with Gasteiger partial charge in [-0.1, -0.05) is 26.0 Å². The maximum absolute atomic E-state index is 13.7. The van der Waals surface area contributed by atoms with Gasteiger partial charge in [-0.3, -0.25) is 14.5 Å². The molecule has 0 aliphatic rings. The van der Waals surface area contributed by atoms with Crippen molar-refractivity contribution in [1.82, 2.24) is 4.90 Å². The van der Waals surface area contributed by atoms with Crippen LogP contribution in [-0.4, -0.2) is 36.3 Å². The van der Waals surface area contributed by atoms with E-state index in [0.29, 0.717) is 18.7 Å². The first kappa shape index (κ1) is 22.4. The van der Waals surface area contributed by atoms with Crippen LogP contribution in [0.4, 0.5) is 24.5 Å². The lowest BCUT2D eigenvalue weighted by molar-refractivity contribution is -0.120. The second-order valence-corrected chi connectivity index (χ2v) is 6.58. The molecule has 0 aliphatic heterocycles. The molecule has 0 spiro atoms. The van der Waals surface area contributed by atoms with Crippen LogP contribution in [0, 0.1) is 17.5 Å². The molecule has 2 amide bonds. The van der Waals surface area contributed by atoms with E-state index in [9.17, 15) is 22.8 Å². The van der Waals surface area contributed by atoms with Crippen LogP contribution in [0.5, 0.6) is 0 Å². The molecule has 156 valence electrons. The highest BCUT2D eigenvalue weighted by molar-refractivity contribution is 5.94. The average Bonchev–Trinajstić information content (AvgIpc) is 2.69. The van der Waals surface area contributed by atoms with Crippen LogP contribution in [0.25, 0.3) is 0 Å². The Morgan fingerprint density at radius 2 is 1.48 bits per heavy atom. The summed E-state index contributed by atoms with van der Waals surface area (Å²) in [6.45, 7) is 4.14. The summed E-state index contributed by atoms with van der Waals surface area (Å²) in [5.41, 5.74) is 1.35. The van der Waals surface area contributed by atoms with Gasteiger partial charge in [0, 0.05) is 5.69 Å². The largest absolute Gasteiger partial charge is 0.325 e. The monoisotopic (exact) mass is 407 g/mol. The first-order valence-corrected chi connectivity index (χ1v) is 9.38. The number of hydrogen-bond acceptors (Lipinski definition) is 3. The zero-order valence-electron chi connectivity index (χ0n) is 16.4. The van der Waals surface area contributed by atoms with Crippen molar-refractivity contribution >= 4 is 23.2 Å². The lowest BCUT2D eigenvalue weighted by Crippen LogP contribution is -2.39. The van der Waals surface area contributed by atoms with Gasteiger partial charge in [0.25, 0.3) is 0 Å². The van der Waals surface area contributed by atoms with Gasteiger partial charge in [0.15, 0.2) is 17.5 Å². The Balaban J connectivity index is 1.95.